The van der Waals surface area contributed by atoms with Crippen LogP contribution in [0.2, 0.25) is 5.02 Å². The second kappa shape index (κ2) is 7.97. The third-order valence-corrected chi connectivity index (χ3v) is 4.81. The maximum atomic E-state index is 13.3. The van der Waals surface area contributed by atoms with Crippen molar-refractivity contribution in [3.05, 3.63) is 94.9 Å². The van der Waals surface area contributed by atoms with E-state index >= 15 is 0 Å². The molecule has 0 unspecified atom stereocenters. The number of rotatable bonds is 5. The number of benzene rings is 3. The van der Waals surface area contributed by atoms with Gasteiger partial charge in [0.25, 0.3) is 0 Å². The summed E-state index contributed by atoms with van der Waals surface area (Å²) in [6.45, 7) is 0.334. The van der Waals surface area contributed by atoms with E-state index in [0.717, 1.165) is 11.1 Å². The van der Waals surface area contributed by atoms with Crippen molar-refractivity contribution in [2.24, 2.45) is 0 Å². The van der Waals surface area contributed by atoms with Gasteiger partial charge in [0, 0.05) is 17.0 Å². The maximum Gasteiger partial charge on any atom is 0.358 e. The first-order valence-corrected chi connectivity index (χ1v) is 9.32. The highest BCUT2D eigenvalue weighted by atomic mass is 35.5. The molecular formula is C23H17ClFNO3. The summed E-state index contributed by atoms with van der Waals surface area (Å²) in [5.74, 6) is 0.0886. The molecule has 4 rings (SSSR count). The number of methoxy groups -OCH3 is 1. The molecule has 0 aliphatic rings. The summed E-state index contributed by atoms with van der Waals surface area (Å²) in [5.41, 5.74) is 1.85. The number of para-hydroxylation sites is 1. The second-order valence-corrected chi connectivity index (χ2v) is 6.89. The molecule has 146 valence electrons. The first-order valence-electron chi connectivity index (χ1n) is 8.94. The lowest BCUT2D eigenvalue weighted by Crippen LogP contribution is -2.12. The summed E-state index contributed by atoms with van der Waals surface area (Å²) in [6.07, 6.45) is 0. The average molecular weight is 410 g/mol. The standard InChI is InChI=1S/C23H17ClFNO3/c1-28-23(27)21-22(29-18-5-3-2-4-6-18)19-13-16(24)9-12-20(19)26(21)14-15-7-10-17(25)11-8-15/h2-13H,14H2,1H3. The number of aromatic nitrogens is 1. The Morgan fingerprint density at radius 1 is 1.03 bits per heavy atom. The Hall–Kier alpha value is -3.31. The minimum atomic E-state index is -0.537. The second-order valence-electron chi connectivity index (χ2n) is 6.46. The molecule has 4 aromatic rings. The van der Waals surface area contributed by atoms with Crippen LogP contribution in [-0.4, -0.2) is 17.6 Å². The third-order valence-electron chi connectivity index (χ3n) is 4.57. The van der Waals surface area contributed by atoms with Gasteiger partial charge in [0.2, 0.25) is 0 Å². The van der Waals surface area contributed by atoms with Gasteiger partial charge in [-0.2, -0.15) is 0 Å². The summed E-state index contributed by atoms with van der Waals surface area (Å²) in [7, 11) is 1.32. The van der Waals surface area contributed by atoms with Crippen molar-refractivity contribution in [3.8, 4) is 11.5 Å². The van der Waals surface area contributed by atoms with Crippen LogP contribution in [0, 0.1) is 5.82 Å². The van der Waals surface area contributed by atoms with Gasteiger partial charge in [0.05, 0.1) is 12.6 Å². The van der Waals surface area contributed by atoms with Crippen molar-refractivity contribution in [3.63, 3.8) is 0 Å². The Kier molecular flexibility index (Phi) is 5.23. The summed E-state index contributed by atoms with van der Waals surface area (Å²) in [4.78, 5) is 12.7. The quantitative estimate of drug-likeness (QED) is 0.376. The molecule has 0 aliphatic heterocycles. The van der Waals surface area contributed by atoms with Gasteiger partial charge in [-0.3, -0.25) is 0 Å². The average Bonchev–Trinajstić information content (AvgIpc) is 3.02. The molecule has 0 N–H and O–H groups in total. The summed E-state index contributed by atoms with van der Waals surface area (Å²) >= 11 is 6.22. The smallest absolute Gasteiger partial charge is 0.358 e. The lowest BCUT2D eigenvalue weighted by molar-refractivity contribution is 0.0586. The van der Waals surface area contributed by atoms with Crippen molar-refractivity contribution in [2.75, 3.05) is 7.11 Å². The molecule has 6 heteroatoms. The van der Waals surface area contributed by atoms with Crippen LogP contribution in [0.25, 0.3) is 10.9 Å². The molecule has 0 spiro atoms. The number of carbonyl (C=O) groups is 1. The predicted molar refractivity (Wildman–Crippen MR) is 110 cm³/mol. The number of carbonyl (C=O) groups excluding carboxylic acids is 1. The van der Waals surface area contributed by atoms with Gasteiger partial charge in [-0.05, 0) is 48.0 Å². The highest BCUT2D eigenvalue weighted by Gasteiger charge is 2.26. The molecule has 0 amide bonds. The number of fused-ring (bicyclic) bond motifs is 1. The van der Waals surface area contributed by atoms with Crippen molar-refractivity contribution in [1.29, 1.82) is 0 Å². The summed E-state index contributed by atoms with van der Waals surface area (Å²) < 4.78 is 26.2. The Morgan fingerprint density at radius 3 is 2.45 bits per heavy atom. The third kappa shape index (κ3) is 3.82. The first-order chi connectivity index (χ1) is 14.1. The summed E-state index contributed by atoms with van der Waals surface area (Å²) in [6, 6.07) is 20.6. The largest absolute Gasteiger partial charge is 0.464 e. The zero-order chi connectivity index (χ0) is 20.4. The predicted octanol–water partition coefficient (Wildman–Crippen LogP) is 6.06. The van der Waals surface area contributed by atoms with E-state index in [1.165, 1.54) is 19.2 Å². The van der Waals surface area contributed by atoms with Gasteiger partial charge in [0.15, 0.2) is 11.4 Å². The normalized spacial score (nSPS) is 10.9. The van der Waals surface area contributed by atoms with Crippen LogP contribution in [0.15, 0.2) is 72.8 Å². The van der Waals surface area contributed by atoms with E-state index in [0.29, 0.717) is 28.5 Å². The Morgan fingerprint density at radius 2 is 1.76 bits per heavy atom. The van der Waals surface area contributed by atoms with Crippen LogP contribution < -0.4 is 4.74 Å². The van der Waals surface area contributed by atoms with Crippen molar-refractivity contribution in [1.82, 2.24) is 4.57 Å². The van der Waals surface area contributed by atoms with E-state index in [9.17, 15) is 9.18 Å². The van der Waals surface area contributed by atoms with E-state index in [1.54, 1.807) is 41.0 Å². The SMILES string of the molecule is COC(=O)c1c(Oc2ccccc2)c2cc(Cl)ccc2n1Cc1ccc(F)cc1. The lowest BCUT2D eigenvalue weighted by Gasteiger charge is -2.11. The number of nitrogens with zero attached hydrogens (tertiary/aromatic N) is 1. The minimum absolute atomic E-state index is 0.262. The van der Waals surface area contributed by atoms with E-state index in [1.807, 2.05) is 24.3 Å². The van der Waals surface area contributed by atoms with Crippen LogP contribution >= 0.6 is 11.6 Å². The molecule has 0 bridgehead atoms. The molecule has 0 atom stereocenters. The molecule has 4 nitrogen and oxygen atoms in total. The van der Waals surface area contributed by atoms with Gasteiger partial charge in [0.1, 0.15) is 11.6 Å². The zero-order valence-electron chi connectivity index (χ0n) is 15.6. The van der Waals surface area contributed by atoms with Crippen molar-refractivity contribution < 1.29 is 18.7 Å². The number of halogens is 2. The fourth-order valence-corrected chi connectivity index (χ4v) is 3.41. The van der Waals surface area contributed by atoms with Crippen LogP contribution in [-0.2, 0) is 11.3 Å². The van der Waals surface area contributed by atoms with Gasteiger partial charge < -0.3 is 14.0 Å². The monoisotopic (exact) mass is 409 g/mol. The Balaban J connectivity index is 1.93. The molecule has 1 heterocycles. The fourth-order valence-electron chi connectivity index (χ4n) is 3.24. The topological polar surface area (TPSA) is 40.5 Å². The minimum Gasteiger partial charge on any atom is -0.464 e. The molecule has 3 aromatic carbocycles. The first kappa shape index (κ1) is 19.0. The fraction of sp³-hybridized carbons (Fsp3) is 0.0870. The van der Waals surface area contributed by atoms with Gasteiger partial charge >= 0.3 is 5.97 Å². The van der Waals surface area contributed by atoms with Crippen LogP contribution in [0.5, 0.6) is 11.5 Å². The zero-order valence-corrected chi connectivity index (χ0v) is 16.3. The van der Waals surface area contributed by atoms with E-state index in [4.69, 9.17) is 21.1 Å². The molecule has 1 aromatic heterocycles. The van der Waals surface area contributed by atoms with Crippen molar-refractivity contribution >= 4 is 28.5 Å². The number of hydrogen-bond donors (Lipinski definition) is 0. The highest BCUT2D eigenvalue weighted by Crippen LogP contribution is 2.38. The van der Waals surface area contributed by atoms with Crippen LogP contribution in [0.3, 0.4) is 0 Å². The number of esters is 1. The highest BCUT2D eigenvalue weighted by molar-refractivity contribution is 6.31. The Bertz CT molecular complexity index is 1170. The molecule has 0 fully saturated rings. The Labute approximate surface area is 172 Å². The lowest BCUT2D eigenvalue weighted by atomic mass is 10.2. The molecule has 29 heavy (non-hydrogen) atoms. The van der Waals surface area contributed by atoms with Gasteiger partial charge in [-0.25, -0.2) is 9.18 Å². The maximum absolute atomic E-state index is 13.3. The van der Waals surface area contributed by atoms with Gasteiger partial charge in [-0.15, -0.1) is 0 Å². The van der Waals surface area contributed by atoms with E-state index < -0.39 is 5.97 Å². The summed E-state index contributed by atoms with van der Waals surface area (Å²) in [5, 5.41) is 1.20. The number of ether oxygens (including phenoxy) is 2. The van der Waals surface area contributed by atoms with Crippen LogP contribution in [0.4, 0.5) is 4.39 Å². The van der Waals surface area contributed by atoms with Crippen LogP contribution in [0.1, 0.15) is 16.1 Å². The molecule has 0 saturated heterocycles. The van der Waals surface area contributed by atoms with Crippen molar-refractivity contribution in [2.45, 2.75) is 6.54 Å². The van der Waals surface area contributed by atoms with E-state index in [2.05, 4.69) is 0 Å². The number of hydrogen-bond acceptors (Lipinski definition) is 3. The molecule has 0 aliphatic carbocycles. The molecular weight excluding hydrogens is 393 g/mol. The molecule has 0 radical (unpaired) electrons. The van der Waals surface area contributed by atoms with E-state index in [-0.39, 0.29) is 11.5 Å². The van der Waals surface area contributed by atoms with Gasteiger partial charge in [-0.1, -0.05) is 41.9 Å². The molecule has 0 saturated carbocycles.